The van der Waals surface area contributed by atoms with E-state index in [4.69, 9.17) is 4.74 Å². The van der Waals surface area contributed by atoms with Crippen LogP contribution in [-0.4, -0.2) is 45.3 Å². The maximum absolute atomic E-state index is 12.8. The first-order chi connectivity index (χ1) is 12.6. The number of aryl methyl sites for hydroxylation is 1. The number of nitrogens with zero attached hydrogens (tertiary/aromatic N) is 4. The van der Waals surface area contributed by atoms with Gasteiger partial charge in [0, 0.05) is 50.2 Å². The van der Waals surface area contributed by atoms with Crippen molar-refractivity contribution in [2.45, 2.75) is 12.5 Å². The van der Waals surface area contributed by atoms with E-state index in [1.54, 1.807) is 35.2 Å². The largest absolute Gasteiger partial charge is 0.488 e. The van der Waals surface area contributed by atoms with E-state index in [2.05, 4.69) is 16.1 Å². The number of fused-ring (bicyclic) bond motifs is 1. The molecule has 0 aliphatic carbocycles. The van der Waals surface area contributed by atoms with Crippen molar-refractivity contribution in [1.29, 1.82) is 0 Å². The number of likely N-dealkylation sites (N-methyl/N-ethyl adjacent to an activating group) is 1. The van der Waals surface area contributed by atoms with Crippen LogP contribution in [0.1, 0.15) is 15.9 Å². The average Bonchev–Trinajstić information content (AvgIpc) is 3.26. The van der Waals surface area contributed by atoms with Crippen LogP contribution < -0.4 is 4.74 Å². The highest BCUT2D eigenvalue weighted by atomic mass is 16.5. The number of rotatable bonds is 4. The molecule has 0 saturated carbocycles. The van der Waals surface area contributed by atoms with Crippen LogP contribution >= 0.6 is 0 Å². The highest BCUT2D eigenvalue weighted by molar-refractivity contribution is 5.94. The summed E-state index contributed by atoms with van der Waals surface area (Å²) >= 11 is 0. The predicted molar refractivity (Wildman–Crippen MR) is 98.0 cm³/mol. The maximum Gasteiger partial charge on any atom is 0.255 e. The quantitative estimate of drug-likeness (QED) is 0.727. The third-order valence-corrected chi connectivity index (χ3v) is 4.56. The lowest BCUT2D eigenvalue weighted by atomic mass is 10.1. The molecule has 1 aliphatic rings. The number of hydrogen-bond acceptors (Lipinski definition) is 4. The summed E-state index contributed by atoms with van der Waals surface area (Å²) in [7, 11) is 3.66. The molecule has 2 aromatic heterocycles. The molecule has 6 heteroatoms. The minimum Gasteiger partial charge on any atom is -0.488 e. The van der Waals surface area contributed by atoms with Crippen LogP contribution in [0.25, 0.3) is 11.1 Å². The molecule has 0 N–H and O–H groups in total. The standard InChI is InChI=1S/C20H20N4O2/c1-23(13-18-8-14-5-3-4-6-19(14)26-18)20(25)16-7-15(9-21-10-16)17-11-22-24(2)12-17/h3-7,9-12,18H,8,13H2,1-2H3. The van der Waals surface area contributed by atoms with E-state index in [0.717, 1.165) is 23.3 Å². The minimum absolute atomic E-state index is 0.0178. The smallest absolute Gasteiger partial charge is 0.255 e. The van der Waals surface area contributed by atoms with Gasteiger partial charge in [-0.15, -0.1) is 0 Å². The van der Waals surface area contributed by atoms with Crippen LogP contribution in [0.5, 0.6) is 5.75 Å². The molecule has 0 radical (unpaired) electrons. The normalized spacial score (nSPS) is 15.4. The Hall–Kier alpha value is -3.15. The van der Waals surface area contributed by atoms with Gasteiger partial charge in [0.25, 0.3) is 5.91 Å². The van der Waals surface area contributed by atoms with E-state index in [0.29, 0.717) is 12.1 Å². The molecule has 0 spiro atoms. The molecule has 0 saturated heterocycles. The van der Waals surface area contributed by atoms with Crippen molar-refractivity contribution in [2.75, 3.05) is 13.6 Å². The number of amides is 1. The molecule has 132 valence electrons. The number of hydrogen-bond donors (Lipinski definition) is 0. The molecule has 1 atom stereocenters. The molecule has 0 fully saturated rings. The summed E-state index contributed by atoms with van der Waals surface area (Å²) in [6.45, 7) is 0.532. The highest BCUT2D eigenvalue weighted by Crippen LogP contribution is 2.28. The van der Waals surface area contributed by atoms with Gasteiger partial charge in [0.2, 0.25) is 0 Å². The van der Waals surface area contributed by atoms with Gasteiger partial charge < -0.3 is 9.64 Å². The molecule has 6 nitrogen and oxygen atoms in total. The van der Waals surface area contributed by atoms with Gasteiger partial charge in [-0.1, -0.05) is 18.2 Å². The topological polar surface area (TPSA) is 60.2 Å². The Morgan fingerprint density at radius 1 is 1.27 bits per heavy atom. The van der Waals surface area contributed by atoms with Crippen LogP contribution in [0, 0.1) is 0 Å². The van der Waals surface area contributed by atoms with Crippen LogP contribution in [0.15, 0.2) is 55.1 Å². The number of para-hydroxylation sites is 1. The van der Waals surface area contributed by atoms with Gasteiger partial charge >= 0.3 is 0 Å². The van der Waals surface area contributed by atoms with E-state index < -0.39 is 0 Å². The summed E-state index contributed by atoms with van der Waals surface area (Å²) in [4.78, 5) is 18.7. The second-order valence-corrected chi connectivity index (χ2v) is 6.60. The van der Waals surface area contributed by atoms with Crippen molar-refractivity contribution >= 4 is 5.91 Å². The molecule has 0 bridgehead atoms. The zero-order valence-electron chi connectivity index (χ0n) is 14.8. The van der Waals surface area contributed by atoms with E-state index in [1.165, 1.54) is 5.56 Å². The molecule has 3 aromatic rings. The number of benzene rings is 1. The zero-order chi connectivity index (χ0) is 18.1. The number of pyridine rings is 1. The van der Waals surface area contributed by atoms with Crippen LogP contribution in [0.4, 0.5) is 0 Å². The zero-order valence-corrected chi connectivity index (χ0v) is 14.8. The van der Waals surface area contributed by atoms with E-state index in [1.807, 2.05) is 37.5 Å². The fourth-order valence-electron chi connectivity index (χ4n) is 3.25. The molecule has 1 unspecified atom stereocenters. The molecule has 4 rings (SSSR count). The fraction of sp³-hybridized carbons (Fsp3) is 0.250. The number of aromatic nitrogens is 3. The van der Waals surface area contributed by atoms with Crippen molar-refractivity contribution in [3.63, 3.8) is 0 Å². The Bertz CT molecular complexity index is 925. The molecule has 1 aliphatic heterocycles. The van der Waals surface area contributed by atoms with Crippen molar-refractivity contribution in [3.05, 3.63) is 66.2 Å². The van der Waals surface area contributed by atoms with Crippen molar-refractivity contribution in [2.24, 2.45) is 7.05 Å². The molecule has 3 heterocycles. The summed E-state index contributed by atoms with van der Waals surface area (Å²) in [5.41, 5.74) is 3.57. The van der Waals surface area contributed by atoms with Gasteiger partial charge in [0.1, 0.15) is 11.9 Å². The predicted octanol–water partition coefficient (Wildman–Crippen LogP) is 2.56. The summed E-state index contributed by atoms with van der Waals surface area (Å²) in [5, 5.41) is 4.17. The Morgan fingerprint density at radius 2 is 2.12 bits per heavy atom. The fourth-order valence-corrected chi connectivity index (χ4v) is 3.25. The molecule has 1 amide bonds. The first kappa shape index (κ1) is 16.3. The summed E-state index contributed by atoms with van der Waals surface area (Å²) in [6, 6.07) is 9.87. The van der Waals surface area contributed by atoms with Gasteiger partial charge in [-0.05, 0) is 17.7 Å². The van der Waals surface area contributed by atoms with Gasteiger partial charge in [-0.25, -0.2) is 0 Å². The molecular formula is C20H20N4O2. The maximum atomic E-state index is 12.8. The lowest BCUT2D eigenvalue weighted by Crippen LogP contribution is -2.36. The lowest BCUT2D eigenvalue weighted by Gasteiger charge is -2.21. The van der Waals surface area contributed by atoms with Gasteiger partial charge in [0.15, 0.2) is 0 Å². The summed E-state index contributed by atoms with van der Waals surface area (Å²) < 4.78 is 7.67. The Morgan fingerprint density at radius 3 is 2.88 bits per heavy atom. The third kappa shape index (κ3) is 3.18. The molecule has 26 heavy (non-hydrogen) atoms. The minimum atomic E-state index is -0.0669. The first-order valence-electron chi connectivity index (χ1n) is 8.54. The third-order valence-electron chi connectivity index (χ3n) is 4.56. The first-order valence-corrected chi connectivity index (χ1v) is 8.54. The highest BCUT2D eigenvalue weighted by Gasteiger charge is 2.25. The SMILES string of the molecule is CN(CC1Cc2ccccc2O1)C(=O)c1cncc(-c2cnn(C)c2)c1. The van der Waals surface area contributed by atoms with Crippen molar-refractivity contribution < 1.29 is 9.53 Å². The number of carbonyl (C=O) groups excluding carboxylic acids is 1. The van der Waals surface area contributed by atoms with Crippen molar-refractivity contribution in [1.82, 2.24) is 19.7 Å². The van der Waals surface area contributed by atoms with Gasteiger partial charge in [-0.2, -0.15) is 5.10 Å². The summed E-state index contributed by atoms with van der Waals surface area (Å²) in [5.74, 6) is 0.849. The van der Waals surface area contributed by atoms with E-state index in [-0.39, 0.29) is 12.0 Å². The summed E-state index contributed by atoms with van der Waals surface area (Å²) in [6.07, 6.45) is 7.81. The molecular weight excluding hydrogens is 328 g/mol. The van der Waals surface area contributed by atoms with E-state index >= 15 is 0 Å². The molecule has 1 aromatic carbocycles. The van der Waals surface area contributed by atoms with Crippen molar-refractivity contribution in [3.8, 4) is 16.9 Å². The Labute approximate surface area is 152 Å². The number of carbonyl (C=O) groups is 1. The van der Waals surface area contributed by atoms with Crippen LogP contribution in [-0.2, 0) is 13.5 Å². The average molecular weight is 348 g/mol. The van der Waals surface area contributed by atoms with E-state index in [9.17, 15) is 4.79 Å². The Kier molecular flexibility index (Phi) is 4.16. The van der Waals surface area contributed by atoms with Crippen LogP contribution in [0.2, 0.25) is 0 Å². The van der Waals surface area contributed by atoms with Crippen LogP contribution in [0.3, 0.4) is 0 Å². The number of ether oxygens (including phenoxy) is 1. The monoisotopic (exact) mass is 348 g/mol. The van der Waals surface area contributed by atoms with Gasteiger partial charge in [0.05, 0.1) is 18.3 Å². The second-order valence-electron chi connectivity index (χ2n) is 6.60. The lowest BCUT2D eigenvalue weighted by molar-refractivity contribution is 0.0730. The second kappa shape index (κ2) is 6.63. The van der Waals surface area contributed by atoms with Gasteiger partial charge in [-0.3, -0.25) is 14.5 Å². The Balaban J connectivity index is 1.46.